The van der Waals surface area contributed by atoms with Crippen molar-refractivity contribution in [2.45, 2.75) is 4.90 Å². The summed E-state index contributed by atoms with van der Waals surface area (Å²) >= 11 is 0.478. The molecule has 0 atom stereocenters. The van der Waals surface area contributed by atoms with Crippen molar-refractivity contribution in [1.29, 1.82) is 0 Å². The minimum atomic E-state index is -2.61. The van der Waals surface area contributed by atoms with Crippen LogP contribution in [0.3, 0.4) is 0 Å². The van der Waals surface area contributed by atoms with E-state index in [2.05, 4.69) is 0 Å². The van der Waals surface area contributed by atoms with Crippen LogP contribution >= 0.6 is 11.8 Å². The maximum atomic E-state index is 13.0. The van der Waals surface area contributed by atoms with E-state index in [9.17, 15) is 17.6 Å². The largest absolute Gasteiger partial charge is 0.494 e. The summed E-state index contributed by atoms with van der Waals surface area (Å²) in [6.45, 7) is 0. The first-order chi connectivity index (χ1) is 6.91. The van der Waals surface area contributed by atoms with Crippen LogP contribution in [-0.2, 0) is 0 Å². The molecule has 0 aliphatic rings. The van der Waals surface area contributed by atoms with Crippen molar-refractivity contribution in [3.8, 4) is 0 Å². The zero-order chi connectivity index (χ0) is 11.7. The molecule has 0 aromatic heterocycles. The van der Waals surface area contributed by atoms with Crippen molar-refractivity contribution in [1.82, 2.24) is 0 Å². The Bertz CT molecular complexity index is 370. The van der Waals surface area contributed by atoms with Gasteiger partial charge in [-0.1, -0.05) is 0 Å². The van der Waals surface area contributed by atoms with E-state index in [0.717, 1.165) is 0 Å². The van der Waals surface area contributed by atoms with Gasteiger partial charge in [-0.05, 0) is 6.26 Å². The van der Waals surface area contributed by atoms with E-state index in [0.29, 0.717) is 11.8 Å². The van der Waals surface area contributed by atoms with E-state index in [1.807, 2.05) is 0 Å². The van der Waals surface area contributed by atoms with Crippen molar-refractivity contribution in [2.24, 2.45) is 0 Å². The van der Waals surface area contributed by atoms with Gasteiger partial charge in [-0.25, -0.2) is 17.6 Å². The summed E-state index contributed by atoms with van der Waals surface area (Å²) in [4.78, 5) is -0.839. The first-order valence-electron chi connectivity index (χ1n) is 3.67. The second kappa shape index (κ2) is 4.42. The normalized spacial score (nSPS) is 10.6. The van der Waals surface area contributed by atoms with E-state index >= 15 is 0 Å². The summed E-state index contributed by atoms with van der Waals surface area (Å²) in [5.74, 6) is -6.87. The topological polar surface area (TPSA) is 40.5 Å². The minimum Gasteiger partial charge on any atom is -0.423 e. The molecule has 0 saturated heterocycles. The predicted octanol–water partition coefficient (Wildman–Crippen LogP) is 0.645. The fourth-order valence-electron chi connectivity index (χ4n) is 1.03. The maximum Gasteiger partial charge on any atom is 0.494 e. The first kappa shape index (κ1) is 12.3. The number of hydrogen-bond acceptors (Lipinski definition) is 3. The van der Waals surface area contributed by atoms with Crippen molar-refractivity contribution >= 4 is 24.3 Å². The van der Waals surface area contributed by atoms with E-state index in [4.69, 9.17) is 10.0 Å². The molecule has 1 aromatic carbocycles. The third-order valence-electron chi connectivity index (χ3n) is 1.72. The second-order valence-electron chi connectivity index (χ2n) is 2.58. The highest BCUT2D eigenvalue weighted by Crippen LogP contribution is 2.25. The van der Waals surface area contributed by atoms with Crippen molar-refractivity contribution in [2.75, 3.05) is 6.26 Å². The molecule has 0 aliphatic carbocycles. The summed E-state index contributed by atoms with van der Waals surface area (Å²) < 4.78 is 52.1. The van der Waals surface area contributed by atoms with Gasteiger partial charge in [0, 0.05) is 0 Å². The highest BCUT2D eigenvalue weighted by atomic mass is 32.2. The van der Waals surface area contributed by atoms with E-state index in [1.54, 1.807) is 0 Å². The fraction of sp³-hybridized carbons (Fsp3) is 0.143. The third kappa shape index (κ3) is 1.97. The molecule has 0 saturated carbocycles. The minimum absolute atomic E-state index is 0.478. The second-order valence-corrected chi connectivity index (χ2v) is 3.39. The smallest absolute Gasteiger partial charge is 0.423 e. The summed E-state index contributed by atoms with van der Waals surface area (Å²) in [6, 6.07) is 0. The zero-order valence-corrected chi connectivity index (χ0v) is 8.21. The monoisotopic (exact) mass is 240 g/mol. The zero-order valence-electron chi connectivity index (χ0n) is 7.39. The molecule has 0 spiro atoms. The van der Waals surface area contributed by atoms with Gasteiger partial charge in [0.25, 0.3) is 0 Å². The van der Waals surface area contributed by atoms with Crippen LogP contribution in [0.15, 0.2) is 4.90 Å². The van der Waals surface area contributed by atoms with Crippen LogP contribution in [0, 0.1) is 23.3 Å². The molecule has 0 heterocycles. The average Bonchev–Trinajstić information content (AvgIpc) is 2.16. The molecule has 82 valence electrons. The lowest BCUT2D eigenvalue weighted by Crippen LogP contribution is -2.37. The highest BCUT2D eigenvalue weighted by molar-refractivity contribution is 7.98. The van der Waals surface area contributed by atoms with Gasteiger partial charge in [0.2, 0.25) is 0 Å². The van der Waals surface area contributed by atoms with Gasteiger partial charge in [-0.15, -0.1) is 11.8 Å². The van der Waals surface area contributed by atoms with E-state index in [1.165, 1.54) is 6.26 Å². The average molecular weight is 240 g/mol. The number of halogens is 4. The van der Waals surface area contributed by atoms with Gasteiger partial charge in [-0.2, -0.15) is 0 Å². The Morgan fingerprint density at radius 2 is 1.33 bits per heavy atom. The van der Waals surface area contributed by atoms with E-state index < -0.39 is 40.7 Å². The van der Waals surface area contributed by atoms with Crippen LogP contribution in [0.5, 0.6) is 0 Å². The molecule has 0 radical (unpaired) electrons. The Morgan fingerprint density at radius 3 is 1.60 bits per heavy atom. The number of rotatable bonds is 2. The summed E-state index contributed by atoms with van der Waals surface area (Å²) in [5.41, 5.74) is -1.43. The Morgan fingerprint density at radius 1 is 0.933 bits per heavy atom. The van der Waals surface area contributed by atoms with Crippen LogP contribution in [0.1, 0.15) is 0 Å². The molecule has 8 heteroatoms. The van der Waals surface area contributed by atoms with Crippen LogP contribution in [0.4, 0.5) is 17.6 Å². The number of benzene rings is 1. The van der Waals surface area contributed by atoms with Crippen molar-refractivity contribution < 1.29 is 27.6 Å². The third-order valence-corrected chi connectivity index (χ3v) is 2.49. The fourth-order valence-corrected chi connectivity index (χ4v) is 1.57. The standard InChI is InChI=1S/C7H5BF4O2S/c1-15-7-5(11)3(9)2(8(13)14)4(10)6(7)12/h13-14H,1H3. The molecule has 15 heavy (non-hydrogen) atoms. The van der Waals surface area contributed by atoms with Gasteiger partial charge in [0.1, 0.15) is 0 Å². The van der Waals surface area contributed by atoms with Gasteiger partial charge in [-0.3, -0.25) is 0 Å². The van der Waals surface area contributed by atoms with Gasteiger partial charge < -0.3 is 10.0 Å². The number of hydrogen-bond donors (Lipinski definition) is 2. The summed E-state index contributed by atoms with van der Waals surface area (Å²) in [5, 5.41) is 17.1. The molecule has 1 rings (SSSR count). The lowest BCUT2D eigenvalue weighted by molar-refractivity contribution is 0.400. The SMILES string of the molecule is CSc1c(F)c(F)c(B(O)O)c(F)c1F. The summed E-state index contributed by atoms with van der Waals surface area (Å²) in [7, 11) is -2.61. The Kier molecular flexibility index (Phi) is 3.64. The van der Waals surface area contributed by atoms with Gasteiger partial charge in [0.15, 0.2) is 23.3 Å². The first-order valence-corrected chi connectivity index (χ1v) is 4.90. The maximum absolute atomic E-state index is 13.0. The Balaban J connectivity index is 3.59. The quantitative estimate of drug-likeness (QED) is 0.345. The molecule has 1 aromatic rings. The molecule has 0 fully saturated rings. The molecular formula is C7H5BF4O2S. The van der Waals surface area contributed by atoms with Crippen molar-refractivity contribution in [3.05, 3.63) is 23.3 Å². The van der Waals surface area contributed by atoms with Gasteiger partial charge in [0.05, 0.1) is 10.4 Å². The lowest BCUT2D eigenvalue weighted by Gasteiger charge is -2.09. The molecule has 0 aliphatic heterocycles. The molecule has 0 unspecified atom stereocenters. The van der Waals surface area contributed by atoms with Crippen LogP contribution in [0.2, 0.25) is 0 Å². The lowest BCUT2D eigenvalue weighted by atomic mass is 9.79. The van der Waals surface area contributed by atoms with Crippen LogP contribution in [-0.4, -0.2) is 23.4 Å². The predicted molar refractivity (Wildman–Crippen MR) is 47.9 cm³/mol. The van der Waals surface area contributed by atoms with Crippen LogP contribution in [0.25, 0.3) is 0 Å². The Labute approximate surface area is 87.1 Å². The molecular weight excluding hydrogens is 235 g/mol. The molecule has 0 amide bonds. The van der Waals surface area contributed by atoms with Gasteiger partial charge >= 0.3 is 7.12 Å². The van der Waals surface area contributed by atoms with Crippen LogP contribution < -0.4 is 5.46 Å². The molecule has 2 nitrogen and oxygen atoms in total. The van der Waals surface area contributed by atoms with Crippen molar-refractivity contribution in [3.63, 3.8) is 0 Å². The summed E-state index contributed by atoms with van der Waals surface area (Å²) in [6.07, 6.45) is 1.23. The highest BCUT2D eigenvalue weighted by Gasteiger charge is 2.31. The number of thioether (sulfide) groups is 1. The molecule has 0 bridgehead atoms. The molecule has 2 N–H and O–H groups in total. The van der Waals surface area contributed by atoms with E-state index in [-0.39, 0.29) is 0 Å². The Hall–Kier alpha value is -0.725.